The third-order valence-corrected chi connectivity index (χ3v) is 3.49. The summed E-state index contributed by atoms with van der Waals surface area (Å²) in [6.07, 6.45) is 0. The van der Waals surface area contributed by atoms with Gasteiger partial charge in [0.05, 0.1) is 0 Å². The lowest BCUT2D eigenvalue weighted by Crippen LogP contribution is -2.44. The minimum atomic E-state index is -1.05. The first-order valence-corrected chi connectivity index (χ1v) is 7.03. The molecule has 2 aromatic rings. The average Bonchev–Trinajstić information content (AvgIpc) is 2.91. The Hall–Kier alpha value is -2.22. The van der Waals surface area contributed by atoms with Crippen LogP contribution in [-0.2, 0) is 0 Å². The van der Waals surface area contributed by atoms with E-state index in [0.717, 1.165) is 32.0 Å². The second-order valence-electron chi connectivity index (χ2n) is 5.38. The third-order valence-electron chi connectivity index (χ3n) is 3.49. The lowest BCUT2D eigenvalue weighted by Gasteiger charge is -2.29. The van der Waals surface area contributed by atoms with Crippen molar-refractivity contribution in [2.45, 2.75) is 19.8 Å². The van der Waals surface area contributed by atoms with Crippen LogP contribution in [0.25, 0.3) is 5.78 Å². The molecule has 2 aromatic heterocycles. The molecule has 0 bridgehead atoms. The molecule has 0 unspecified atom stereocenters. The molecular weight excluding hydrogens is 272 g/mol. The molecule has 0 spiro atoms. The highest BCUT2D eigenvalue weighted by Gasteiger charge is 2.20. The molecule has 0 saturated carbocycles. The summed E-state index contributed by atoms with van der Waals surface area (Å²) < 4.78 is 1.65. The van der Waals surface area contributed by atoms with Crippen molar-refractivity contribution in [2.75, 3.05) is 31.1 Å². The molecule has 0 aromatic carbocycles. The lowest BCUT2D eigenvalue weighted by molar-refractivity contribution is 0.0690. The number of anilines is 1. The minimum absolute atomic E-state index is 0.00117. The molecule has 0 amide bonds. The first kappa shape index (κ1) is 13.7. The maximum Gasteiger partial charge on any atom is 0.354 e. The molecule has 1 aliphatic rings. The van der Waals surface area contributed by atoms with Crippen molar-refractivity contribution in [2.24, 2.45) is 0 Å². The van der Waals surface area contributed by atoms with Gasteiger partial charge in [0, 0.05) is 38.2 Å². The molecule has 0 aliphatic carbocycles. The van der Waals surface area contributed by atoms with E-state index in [0.29, 0.717) is 11.6 Å². The standard InChI is InChI=1S/C13H18N6O2/c1-8(2)11-16-13-15-9(12(20)21)7-10(19(13)17-11)18-5-3-14-4-6-18/h7-8,14H,3-6H2,1-2H3,(H,20,21). The average molecular weight is 290 g/mol. The van der Waals surface area contributed by atoms with Gasteiger partial charge in [-0.05, 0) is 0 Å². The number of aromatic nitrogens is 4. The fourth-order valence-corrected chi connectivity index (χ4v) is 2.34. The van der Waals surface area contributed by atoms with E-state index in [2.05, 4.69) is 25.3 Å². The van der Waals surface area contributed by atoms with Crippen molar-refractivity contribution in [1.82, 2.24) is 24.9 Å². The quantitative estimate of drug-likeness (QED) is 0.842. The summed E-state index contributed by atoms with van der Waals surface area (Å²) in [5, 5.41) is 17.0. The van der Waals surface area contributed by atoms with E-state index in [1.165, 1.54) is 0 Å². The molecular formula is C13H18N6O2. The topological polar surface area (TPSA) is 95.6 Å². The summed E-state index contributed by atoms with van der Waals surface area (Å²) in [7, 11) is 0. The Morgan fingerprint density at radius 1 is 1.33 bits per heavy atom. The third kappa shape index (κ3) is 2.54. The van der Waals surface area contributed by atoms with Crippen LogP contribution in [-0.4, -0.2) is 56.8 Å². The van der Waals surface area contributed by atoms with Crippen LogP contribution >= 0.6 is 0 Å². The normalized spacial score (nSPS) is 15.9. The maximum atomic E-state index is 11.3. The number of carboxylic acids is 1. The van der Waals surface area contributed by atoms with Crippen LogP contribution in [0.3, 0.4) is 0 Å². The smallest absolute Gasteiger partial charge is 0.354 e. The van der Waals surface area contributed by atoms with Crippen molar-refractivity contribution in [3.05, 3.63) is 17.6 Å². The highest BCUT2D eigenvalue weighted by molar-refractivity contribution is 5.87. The molecule has 0 radical (unpaired) electrons. The van der Waals surface area contributed by atoms with Gasteiger partial charge < -0.3 is 15.3 Å². The number of hydrogen-bond acceptors (Lipinski definition) is 6. The number of piperazine rings is 1. The number of rotatable bonds is 3. The Kier molecular flexibility index (Phi) is 3.46. The van der Waals surface area contributed by atoms with Gasteiger partial charge in [0.2, 0.25) is 0 Å². The van der Waals surface area contributed by atoms with E-state index in [1.807, 2.05) is 13.8 Å². The van der Waals surface area contributed by atoms with Gasteiger partial charge in [-0.3, -0.25) is 0 Å². The highest BCUT2D eigenvalue weighted by atomic mass is 16.4. The van der Waals surface area contributed by atoms with Crippen LogP contribution in [0.1, 0.15) is 36.1 Å². The van der Waals surface area contributed by atoms with Crippen molar-refractivity contribution >= 4 is 17.6 Å². The summed E-state index contributed by atoms with van der Waals surface area (Å²) in [5.74, 6) is 0.852. The predicted octanol–water partition coefficient (Wildman–Crippen LogP) is 0.356. The van der Waals surface area contributed by atoms with Crippen LogP contribution in [0.5, 0.6) is 0 Å². The molecule has 1 fully saturated rings. The van der Waals surface area contributed by atoms with Gasteiger partial charge in [0.1, 0.15) is 5.82 Å². The second kappa shape index (κ2) is 5.28. The van der Waals surface area contributed by atoms with Gasteiger partial charge in [-0.25, -0.2) is 9.78 Å². The van der Waals surface area contributed by atoms with Crippen molar-refractivity contribution in [1.29, 1.82) is 0 Å². The largest absolute Gasteiger partial charge is 0.477 e. The number of aromatic carboxylic acids is 1. The number of fused-ring (bicyclic) bond motifs is 1. The zero-order valence-electron chi connectivity index (χ0n) is 12.1. The highest BCUT2D eigenvalue weighted by Crippen LogP contribution is 2.19. The van der Waals surface area contributed by atoms with Crippen LogP contribution in [0.2, 0.25) is 0 Å². The first-order chi connectivity index (χ1) is 10.1. The molecule has 2 N–H and O–H groups in total. The van der Waals surface area contributed by atoms with Crippen molar-refractivity contribution in [3.63, 3.8) is 0 Å². The monoisotopic (exact) mass is 290 g/mol. The maximum absolute atomic E-state index is 11.3. The predicted molar refractivity (Wildman–Crippen MR) is 76.9 cm³/mol. The Bertz CT molecular complexity index is 675. The zero-order chi connectivity index (χ0) is 15.0. The molecule has 21 heavy (non-hydrogen) atoms. The summed E-state index contributed by atoms with van der Waals surface area (Å²) in [6.45, 7) is 7.31. The van der Waals surface area contributed by atoms with Crippen LogP contribution in [0, 0.1) is 0 Å². The molecule has 3 rings (SSSR count). The van der Waals surface area contributed by atoms with Crippen molar-refractivity contribution in [3.8, 4) is 0 Å². The minimum Gasteiger partial charge on any atom is -0.477 e. The molecule has 1 saturated heterocycles. The second-order valence-corrected chi connectivity index (χ2v) is 5.38. The molecule has 0 atom stereocenters. The van der Waals surface area contributed by atoms with E-state index in [-0.39, 0.29) is 11.6 Å². The van der Waals surface area contributed by atoms with Gasteiger partial charge in [-0.2, -0.15) is 9.50 Å². The molecule has 1 aliphatic heterocycles. The number of nitrogens with zero attached hydrogens (tertiary/aromatic N) is 5. The lowest BCUT2D eigenvalue weighted by atomic mass is 10.2. The van der Waals surface area contributed by atoms with Crippen LogP contribution in [0.15, 0.2) is 6.07 Å². The van der Waals surface area contributed by atoms with E-state index >= 15 is 0 Å². The number of carboxylic acid groups (broad SMARTS) is 1. The number of carbonyl (C=O) groups is 1. The van der Waals surface area contributed by atoms with Crippen molar-refractivity contribution < 1.29 is 9.90 Å². The van der Waals surface area contributed by atoms with Gasteiger partial charge in [-0.1, -0.05) is 13.8 Å². The summed E-state index contributed by atoms with van der Waals surface area (Å²) in [4.78, 5) is 21.8. The Morgan fingerprint density at radius 3 is 2.67 bits per heavy atom. The molecule has 112 valence electrons. The van der Waals surface area contributed by atoms with Gasteiger partial charge in [0.15, 0.2) is 11.5 Å². The van der Waals surface area contributed by atoms with Crippen LogP contribution in [0.4, 0.5) is 5.82 Å². The summed E-state index contributed by atoms with van der Waals surface area (Å²) in [5.41, 5.74) is -0.00117. The SMILES string of the molecule is CC(C)c1nc2nc(C(=O)O)cc(N3CCNCC3)n2n1. The molecule has 8 nitrogen and oxygen atoms in total. The Labute approximate surface area is 121 Å². The first-order valence-electron chi connectivity index (χ1n) is 7.03. The fourth-order valence-electron chi connectivity index (χ4n) is 2.34. The fraction of sp³-hybridized carbons (Fsp3) is 0.538. The van der Waals surface area contributed by atoms with Crippen LogP contribution < -0.4 is 10.2 Å². The summed E-state index contributed by atoms with van der Waals surface area (Å²) >= 11 is 0. The molecule has 8 heteroatoms. The number of nitrogens with one attached hydrogen (secondary N) is 1. The Morgan fingerprint density at radius 2 is 2.05 bits per heavy atom. The number of hydrogen-bond donors (Lipinski definition) is 2. The van der Waals surface area contributed by atoms with Gasteiger partial charge in [-0.15, -0.1) is 5.10 Å². The molecule has 3 heterocycles. The van der Waals surface area contributed by atoms with E-state index < -0.39 is 5.97 Å². The van der Waals surface area contributed by atoms with Gasteiger partial charge >= 0.3 is 5.97 Å². The van der Waals surface area contributed by atoms with Gasteiger partial charge in [0.25, 0.3) is 5.78 Å². The van der Waals surface area contributed by atoms with E-state index in [9.17, 15) is 9.90 Å². The van der Waals surface area contributed by atoms with E-state index in [4.69, 9.17) is 0 Å². The summed E-state index contributed by atoms with van der Waals surface area (Å²) in [6, 6.07) is 1.57. The Balaban J connectivity index is 2.16. The zero-order valence-corrected chi connectivity index (χ0v) is 12.1. The van der Waals surface area contributed by atoms with E-state index in [1.54, 1.807) is 10.6 Å².